The zero-order valence-corrected chi connectivity index (χ0v) is 22.1. The predicted molar refractivity (Wildman–Crippen MR) is 150 cm³/mol. The lowest BCUT2D eigenvalue weighted by Gasteiger charge is -2.06. The number of thiophene rings is 1. The third-order valence-corrected chi connectivity index (χ3v) is 8.53. The summed E-state index contributed by atoms with van der Waals surface area (Å²) in [6.07, 6.45) is 3.94. The van der Waals surface area contributed by atoms with E-state index in [1.807, 2.05) is 77.6 Å². The van der Waals surface area contributed by atoms with Crippen molar-refractivity contribution in [3.05, 3.63) is 125 Å². The number of ketones is 1. The summed E-state index contributed by atoms with van der Waals surface area (Å²) >= 11 is 3.14. The van der Waals surface area contributed by atoms with E-state index in [1.165, 1.54) is 27.7 Å². The molecule has 3 aromatic carbocycles. The first-order chi connectivity index (χ1) is 18.1. The summed E-state index contributed by atoms with van der Waals surface area (Å²) in [5.41, 5.74) is 3.37. The van der Waals surface area contributed by atoms with Crippen LogP contribution in [0.3, 0.4) is 0 Å². The Labute approximate surface area is 224 Å². The summed E-state index contributed by atoms with van der Waals surface area (Å²) in [5, 5.41) is 2.41. The third-order valence-electron chi connectivity index (χ3n) is 5.97. The van der Waals surface area contributed by atoms with Crippen LogP contribution >= 0.6 is 23.1 Å². The molecule has 0 spiro atoms. The van der Waals surface area contributed by atoms with Crippen LogP contribution in [0.1, 0.15) is 33.3 Å². The molecule has 0 saturated carbocycles. The van der Waals surface area contributed by atoms with E-state index in [0.717, 1.165) is 15.6 Å². The van der Waals surface area contributed by atoms with Crippen LogP contribution in [0.25, 0.3) is 16.5 Å². The van der Waals surface area contributed by atoms with Gasteiger partial charge in [-0.15, -0.1) is 23.1 Å². The minimum Gasteiger partial charge on any atom is -0.466 e. The number of rotatable bonds is 9. The van der Waals surface area contributed by atoms with E-state index in [-0.39, 0.29) is 18.2 Å². The number of carbonyl (C=O) groups is 2. The monoisotopic (exact) mass is 524 g/mol. The van der Waals surface area contributed by atoms with E-state index in [0.29, 0.717) is 22.6 Å². The van der Waals surface area contributed by atoms with Crippen LogP contribution in [0.2, 0.25) is 0 Å². The zero-order chi connectivity index (χ0) is 25.6. The van der Waals surface area contributed by atoms with Crippen LogP contribution in [0.5, 0.6) is 0 Å². The largest absolute Gasteiger partial charge is 0.466 e. The first-order valence-corrected chi connectivity index (χ1v) is 13.9. The van der Waals surface area contributed by atoms with Crippen molar-refractivity contribution in [1.29, 1.82) is 0 Å². The van der Waals surface area contributed by atoms with Crippen LogP contribution < -0.4 is 4.57 Å². The van der Waals surface area contributed by atoms with Crippen LogP contribution in [0.15, 0.2) is 108 Å². The number of esters is 1. The third kappa shape index (κ3) is 5.66. The van der Waals surface area contributed by atoms with Gasteiger partial charge in [0.25, 0.3) is 0 Å². The van der Waals surface area contributed by atoms with Gasteiger partial charge in [0, 0.05) is 23.4 Å². The van der Waals surface area contributed by atoms with Gasteiger partial charge in [0.15, 0.2) is 12.4 Å². The maximum absolute atomic E-state index is 13.7. The van der Waals surface area contributed by atoms with Crippen LogP contribution in [-0.2, 0) is 21.7 Å². The number of thioether (sulfide) groups is 1. The molecule has 6 heteroatoms. The summed E-state index contributed by atoms with van der Waals surface area (Å²) in [4.78, 5) is 26.9. The summed E-state index contributed by atoms with van der Waals surface area (Å²) < 4.78 is 8.28. The molecule has 0 N–H and O–H groups in total. The molecule has 4 nitrogen and oxygen atoms in total. The molecule has 0 amide bonds. The lowest BCUT2D eigenvalue weighted by Crippen LogP contribution is -2.31. The summed E-state index contributed by atoms with van der Waals surface area (Å²) in [7, 11) is 0. The molecule has 0 atom stereocenters. The van der Waals surface area contributed by atoms with E-state index >= 15 is 0 Å². The first kappa shape index (κ1) is 24.9. The predicted octanol–water partition coefficient (Wildman–Crippen LogP) is 6.81. The highest BCUT2D eigenvalue weighted by Gasteiger charge is 2.31. The van der Waals surface area contributed by atoms with Gasteiger partial charge in [-0.25, -0.2) is 0 Å². The second kappa shape index (κ2) is 11.5. The van der Waals surface area contributed by atoms with E-state index < -0.39 is 0 Å². The maximum atomic E-state index is 13.7. The van der Waals surface area contributed by atoms with Crippen molar-refractivity contribution >= 4 is 45.6 Å². The van der Waals surface area contributed by atoms with Gasteiger partial charge in [-0.05, 0) is 23.3 Å². The quantitative estimate of drug-likeness (QED) is 0.0920. The molecule has 0 unspecified atom stereocenters. The number of hydrogen-bond donors (Lipinski definition) is 0. The number of fused-ring (bicyclic) bond motifs is 1. The van der Waals surface area contributed by atoms with Gasteiger partial charge in [0.05, 0.1) is 23.5 Å². The highest BCUT2D eigenvalue weighted by atomic mass is 32.2. The average molecular weight is 525 g/mol. The second-order valence-corrected chi connectivity index (χ2v) is 10.7. The summed E-state index contributed by atoms with van der Waals surface area (Å²) in [6, 6.07) is 29.9. The second-order valence-electron chi connectivity index (χ2n) is 8.48. The first-order valence-electron chi connectivity index (χ1n) is 12.1. The van der Waals surface area contributed by atoms with Crippen molar-refractivity contribution in [2.45, 2.75) is 23.3 Å². The minimum atomic E-state index is -0.341. The smallest absolute Gasteiger partial charge is 0.310 e. The Morgan fingerprint density at radius 3 is 2.32 bits per heavy atom. The molecule has 5 rings (SSSR count). The number of carbonyl (C=O) groups excluding carboxylic acids is 2. The van der Waals surface area contributed by atoms with Gasteiger partial charge in [-0.2, -0.15) is 4.57 Å². The minimum absolute atomic E-state index is 0.0337. The number of hydrogen-bond acceptors (Lipinski definition) is 5. The van der Waals surface area contributed by atoms with Crippen LogP contribution in [0.4, 0.5) is 0 Å². The van der Waals surface area contributed by atoms with E-state index in [1.54, 1.807) is 18.7 Å². The van der Waals surface area contributed by atoms with Gasteiger partial charge in [-0.1, -0.05) is 78.9 Å². The standard InChI is InChI=1S/C31H26NO3S2/c1-2-35-27(33)20-26-28(32-17-9-4-10-18-32)31(37-30(26)29(34)24-12-5-3-6-13-24)36-21-22-15-16-23-11-7-8-14-25(23)19-22/h3-19H,2,20-21H2,1H3/q+1. The van der Waals surface area contributed by atoms with Crippen molar-refractivity contribution in [1.82, 2.24) is 0 Å². The SMILES string of the molecule is CCOC(=O)Cc1c(C(=O)c2ccccc2)sc(SCc2ccc3ccccc3c2)c1-[n+]1ccccc1. The normalized spacial score (nSPS) is 10.9. The fraction of sp³-hybridized carbons (Fsp3) is 0.129. The molecular weight excluding hydrogens is 498 g/mol. The Balaban J connectivity index is 1.58. The van der Waals surface area contributed by atoms with Gasteiger partial charge >= 0.3 is 5.97 Å². The Morgan fingerprint density at radius 1 is 0.865 bits per heavy atom. The molecule has 0 saturated heterocycles. The lowest BCUT2D eigenvalue weighted by molar-refractivity contribution is -0.598. The maximum Gasteiger partial charge on any atom is 0.310 e. The van der Waals surface area contributed by atoms with Gasteiger partial charge < -0.3 is 4.74 Å². The fourth-order valence-electron chi connectivity index (χ4n) is 4.24. The Bertz CT molecular complexity index is 1550. The molecule has 0 radical (unpaired) electrons. The van der Waals surface area contributed by atoms with Crippen molar-refractivity contribution in [2.24, 2.45) is 0 Å². The fourth-order valence-corrected chi connectivity index (χ4v) is 6.76. The van der Waals surface area contributed by atoms with E-state index in [2.05, 4.69) is 30.3 Å². The van der Waals surface area contributed by atoms with Crippen LogP contribution in [0, 0.1) is 0 Å². The lowest BCUT2D eigenvalue weighted by atomic mass is 10.0. The Kier molecular flexibility index (Phi) is 7.78. The van der Waals surface area contributed by atoms with Crippen molar-refractivity contribution < 1.29 is 18.9 Å². The number of pyridine rings is 1. The zero-order valence-electron chi connectivity index (χ0n) is 20.4. The highest BCUT2D eigenvalue weighted by Crippen LogP contribution is 2.40. The molecule has 0 aliphatic rings. The highest BCUT2D eigenvalue weighted by molar-refractivity contribution is 8.00. The number of nitrogens with zero attached hydrogens (tertiary/aromatic N) is 1. The number of benzene rings is 3. The molecule has 0 aliphatic heterocycles. The topological polar surface area (TPSA) is 47.3 Å². The molecular formula is C31H26NO3S2+. The van der Waals surface area contributed by atoms with Gasteiger partial charge in [0.1, 0.15) is 4.21 Å². The molecule has 2 heterocycles. The molecule has 2 aromatic heterocycles. The van der Waals surface area contributed by atoms with Crippen molar-refractivity contribution in [3.8, 4) is 5.69 Å². The molecule has 0 aliphatic carbocycles. The van der Waals surface area contributed by atoms with Crippen LogP contribution in [-0.4, -0.2) is 18.4 Å². The number of ether oxygens (including phenoxy) is 1. The molecule has 37 heavy (non-hydrogen) atoms. The molecule has 0 bridgehead atoms. The van der Waals surface area contributed by atoms with Crippen molar-refractivity contribution in [3.63, 3.8) is 0 Å². The van der Waals surface area contributed by atoms with Gasteiger partial charge in [-0.3, -0.25) is 9.59 Å². The van der Waals surface area contributed by atoms with Gasteiger partial charge in [0.2, 0.25) is 11.5 Å². The number of aromatic nitrogens is 1. The average Bonchev–Trinajstić information content (AvgIpc) is 3.30. The van der Waals surface area contributed by atoms with E-state index in [9.17, 15) is 9.59 Å². The Hall–Kier alpha value is -3.74. The molecule has 184 valence electrons. The summed E-state index contributed by atoms with van der Waals surface area (Å²) in [6.45, 7) is 2.08. The summed E-state index contributed by atoms with van der Waals surface area (Å²) in [5.74, 6) is 0.315. The Morgan fingerprint density at radius 2 is 1.57 bits per heavy atom. The van der Waals surface area contributed by atoms with E-state index in [4.69, 9.17) is 4.74 Å². The molecule has 5 aromatic rings. The van der Waals surface area contributed by atoms with Crippen molar-refractivity contribution in [2.75, 3.05) is 6.61 Å². The molecule has 0 fully saturated rings.